The van der Waals surface area contributed by atoms with Gasteiger partial charge < -0.3 is 5.73 Å². The molecule has 0 spiro atoms. The summed E-state index contributed by atoms with van der Waals surface area (Å²) < 4.78 is 15.4. The number of aryl methyl sites for hydroxylation is 1. The Kier molecular flexibility index (Phi) is 3.31. The van der Waals surface area contributed by atoms with Gasteiger partial charge in [0.05, 0.1) is 0 Å². The summed E-state index contributed by atoms with van der Waals surface area (Å²) in [5.74, 6) is -0.0575. The average Bonchev–Trinajstić information content (AvgIpc) is 2.87. The molecule has 0 unspecified atom stereocenters. The Morgan fingerprint density at radius 1 is 1.19 bits per heavy atom. The van der Waals surface area contributed by atoms with Gasteiger partial charge in [0.2, 0.25) is 0 Å². The molecule has 0 saturated heterocycles. The number of hydrogen-bond donors (Lipinski definition) is 1. The first-order valence-electron chi connectivity index (χ1n) is 6.16. The van der Waals surface area contributed by atoms with E-state index < -0.39 is 5.82 Å². The number of nitrogens with two attached hydrogens (primary N) is 1. The number of nitrogen functional groups attached to an aromatic ring is 1. The molecule has 7 heteroatoms. The molecule has 0 aliphatic rings. The highest BCUT2D eigenvalue weighted by Crippen LogP contribution is 2.26. The van der Waals surface area contributed by atoms with Crippen LogP contribution in [0.4, 0.5) is 10.1 Å². The normalized spacial score (nSPS) is 10.8. The Morgan fingerprint density at radius 2 is 2.00 bits per heavy atom. The van der Waals surface area contributed by atoms with Crippen molar-refractivity contribution in [1.29, 1.82) is 0 Å². The van der Waals surface area contributed by atoms with Crippen LogP contribution in [0.1, 0.15) is 5.56 Å². The van der Waals surface area contributed by atoms with Gasteiger partial charge in [0, 0.05) is 16.3 Å². The van der Waals surface area contributed by atoms with Crippen LogP contribution in [-0.4, -0.2) is 20.2 Å². The number of anilines is 1. The SMILES string of the molecule is Cc1cc(N)ccc1-c1nnnn1-c1ccc(Cl)cc1F. The van der Waals surface area contributed by atoms with Gasteiger partial charge >= 0.3 is 0 Å². The van der Waals surface area contributed by atoms with Gasteiger partial charge in [-0.05, 0) is 59.3 Å². The number of tetrazole rings is 1. The van der Waals surface area contributed by atoms with Crippen LogP contribution in [0, 0.1) is 12.7 Å². The van der Waals surface area contributed by atoms with E-state index >= 15 is 0 Å². The fourth-order valence-corrected chi connectivity index (χ4v) is 2.27. The second-order valence-corrected chi connectivity index (χ2v) is 5.02. The largest absolute Gasteiger partial charge is 0.399 e. The molecule has 1 aromatic heterocycles. The van der Waals surface area contributed by atoms with E-state index in [1.165, 1.54) is 16.8 Å². The minimum Gasteiger partial charge on any atom is -0.399 e. The van der Waals surface area contributed by atoms with Crippen molar-refractivity contribution in [2.45, 2.75) is 6.92 Å². The molecule has 3 aromatic rings. The summed E-state index contributed by atoms with van der Waals surface area (Å²) in [6.07, 6.45) is 0. The molecule has 0 fully saturated rings. The number of aromatic nitrogens is 4. The third-order valence-electron chi connectivity index (χ3n) is 3.10. The fourth-order valence-electron chi connectivity index (χ4n) is 2.11. The van der Waals surface area contributed by atoms with E-state index in [0.29, 0.717) is 16.5 Å². The van der Waals surface area contributed by atoms with Crippen LogP contribution in [0.3, 0.4) is 0 Å². The van der Waals surface area contributed by atoms with Gasteiger partial charge in [-0.1, -0.05) is 11.6 Å². The van der Waals surface area contributed by atoms with E-state index in [-0.39, 0.29) is 5.69 Å². The molecule has 0 amide bonds. The minimum atomic E-state index is -0.496. The van der Waals surface area contributed by atoms with Gasteiger partial charge in [0.15, 0.2) is 5.82 Å². The van der Waals surface area contributed by atoms with Crippen molar-refractivity contribution >= 4 is 17.3 Å². The van der Waals surface area contributed by atoms with E-state index in [4.69, 9.17) is 17.3 Å². The molecule has 0 bridgehead atoms. The summed E-state index contributed by atoms with van der Waals surface area (Å²) in [7, 11) is 0. The van der Waals surface area contributed by atoms with Crippen LogP contribution in [0.5, 0.6) is 0 Å². The molecule has 0 saturated carbocycles. The Hall–Kier alpha value is -2.47. The smallest absolute Gasteiger partial charge is 0.187 e. The lowest BCUT2D eigenvalue weighted by Crippen LogP contribution is -2.03. The Morgan fingerprint density at radius 3 is 2.71 bits per heavy atom. The number of benzene rings is 2. The first-order valence-corrected chi connectivity index (χ1v) is 6.54. The molecule has 21 heavy (non-hydrogen) atoms. The summed E-state index contributed by atoms with van der Waals surface area (Å²) in [6.45, 7) is 1.89. The van der Waals surface area contributed by atoms with Crippen LogP contribution in [0.2, 0.25) is 5.02 Å². The predicted molar refractivity (Wildman–Crippen MR) is 78.7 cm³/mol. The van der Waals surface area contributed by atoms with Crippen LogP contribution in [0.15, 0.2) is 36.4 Å². The van der Waals surface area contributed by atoms with Gasteiger partial charge in [0.25, 0.3) is 0 Å². The third-order valence-corrected chi connectivity index (χ3v) is 3.33. The van der Waals surface area contributed by atoms with Crippen LogP contribution < -0.4 is 5.73 Å². The van der Waals surface area contributed by atoms with E-state index in [9.17, 15) is 4.39 Å². The summed E-state index contributed by atoms with van der Waals surface area (Å²) in [4.78, 5) is 0. The maximum absolute atomic E-state index is 14.1. The molecular weight excluding hydrogens is 293 g/mol. The van der Waals surface area contributed by atoms with Crippen molar-refractivity contribution in [2.75, 3.05) is 5.73 Å². The van der Waals surface area contributed by atoms with Crippen LogP contribution in [-0.2, 0) is 0 Å². The molecule has 0 aliphatic heterocycles. The molecule has 5 nitrogen and oxygen atoms in total. The molecule has 1 heterocycles. The number of rotatable bonds is 2. The fraction of sp³-hybridized carbons (Fsp3) is 0.0714. The third kappa shape index (κ3) is 2.45. The predicted octanol–water partition coefficient (Wildman–Crippen LogP) is 3.01. The first kappa shape index (κ1) is 13.5. The van der Waals surface area contributed by atoms with Gasteiger partial charge in [-0.15, -0.1) is 5.10 Å². The van der Waals surface area contributed by atoms with Crippen LogP contribution in [0.25, 0.3) is 17.1 Å². The van der Waals surface area contributed by atoms with Gasteiger partial charge in [-0.3, -0.25) is 0 Å². The zero-order valence-corrected chi connectivity index (χ0v) is 11.8. The van der Waals surface area contributed by atoms with Gasteiger partial charge in [-0.25, -0.2) is 4.39 Å². The van der Waals surface area contributed by atoms with Crippen molar-refractivity contribution in [1.82, 2.24) is 20.2 Å². The summed E-state index contributed by atoms with van der Waals surface area (Å²) >= 11 is 5.76. The molecule has 106 valence electrons. The Labute approximate surface area is 125 Å². The molecule has 0 radical (unpaired) electrons. The van der Waals surface area contributed by atoms with E-state index in [2.05, 4.69) is 15.5 Å². The number of hydrogen-bond acceptors (Lipinski definition) is 4. The maximum Gasteiger partial charge on any atom is 0.187 e. The maximum atomic E-state index is 14.1. The van der Waals surface area contributed by atoms with Crippen molar-refractivity contribution in [3.05, 3.63) is 52.8 Å². The molecule has 3 rings (SSSR count). The lowest BCUT2D eigenvalue weighted by atomic mass is 10.1. The highest BCUT2D eigenvalue weighted by atomic mass is 35.5. The van der Waals surface area contributed by atoms with E-state index in [0.717, 1.165) is 11.1 Å². The zero-order chi connectivity index (χ0) is 15.0. The monoisotopic (exact) mass is 303 g/mol. The van der Waals surface area contributed by atoms with Crippen molar-refractivity contribution < 1.29 is 4.39 Å². The summed E-state index contributed by atoms with van der Waals surface area (Å²) in [6, 6.07) is 9.70. The van der Waals surface area contributed by atoms with Gasteiger partial charge in [0.1, 0.15) is 11.5 Å². The van der Waals surface area contributed by atoms with E-state index in [1.807, 2.05) is 13.0 Å². The molecular formula is C14H11ClFN5. The molecule has 0 atom stereocenters. The lowest BCUT2D eigenvalue weighted by Gasteiger charge is -2.08. The van der Waals surface area contributed by atoms with Crippen molar-refractivity contribution in [2.24, 2.45) is 0 Å². The summed E-state index contributed by atoms with van der Waals surface area (Å²) in [5.41, 5.74) is 8.30. The Balaban J connectivity index is 2.17. The van der Waals surface area contributed by atoms with Crippen LogP contribution >= 0.6 is 11.6 Å². The highest BCUT2D eigenvalue weighted by Gasteiger charge is 2.16. The number of halogens is 2. The summed E-state index contributed by atoms with van der Waals surface area (Å²) in [5, 5.41) is 11.8. The van der Waals surface area contributed by atoms with Crippen molar-refractivity contribution in [3.8, 4) is 17.1 Å². The first-order chi connectivity index (χ1) is 10.1. The molecule has 2 aromatic carbocycles. The zero-order valence-electron chi connectivity index (χ0n) is 11.1. The van der Waals surface area contributed by atoms with Gasteiger partial charge in [-0.2, -0.15) is 4.68 Å². The quantitative estimate of drug-likeness (QED) is 0.739. The van der Waals surface area contributed by atoms with Crippen molar-refractivity contribution in [3.63, 3.8) is 0 Å². The molecule has 0 aliphatic carbocycles. The average molecular weight is 304 g/mol. The standard InChI is InChI=1S/C14H11ClFN5/c1-8-6-10(17)3-4-11(8)14-18-19-20-21(14)13-5-2-9(15)7-12(13)16/h2-7H,17H2,1H3. The topological polar surface area (TPSA) is 69.6 Å². The Bertz CT molecular complexity index is 749. The highest BCUT2D eigenvalue weighted by molar-refractivity contribution is 6.30. The number of nitrogens with zero attached hydrogens (tertiary/aromatic N) is 4. The lowest BCUT2D eigenvalue weighted by molar-refractivity contribution is 0.608. The second-order valence-electron chi connectivity index (χ2n) is 4.58. The molecule has 2 N–H and O–H groups in total. The second kappa shape index (κ2) is 5.14. The minimum absolute atomic E-state index is 0.232. The van der Waals surface area contributed by atoms with E-state index in [1.54, 1.807) is 18.2 Å².